The predicted octanol–water partition coefficient (Wildman–Crippen LogP) is 3.28. The van der Waals surface area contributed by atoms with Crippen LogP contribution in [0.15, 0.2) is 61.7 Å². The second-order valence-electron chi connectivity index (χ2n) is 8.00. The van der Waals surface area contributed by atoms with E-state index in [4.69, 9.17) is 9.72 Å². The van der Waals surface area contributed by atoms with Gasteiger partial charge in [-0.2, -0.15) is 8.78 Å². The Labute approximate surface area is 214 Å². The number of aromatic nitrogens is 3. The lowest BCUT2D eigenvalue weighted by molar-refractivity contribution is -0.130. The Morgan fingerprint density at radius 2 is 1.95 bits per heavy atom. The van der Waals surface area contributed by atoms with Gasteiger partial charge in [0.1, 0.15) is 11.6 Å². The molecule has 3 rings (SSSR count). The van der Waals surface area contributed by atoms with Crippen LogP contribution in [0, 0.1) is 6.92 Å². The van der Waals surface area contributed by atoms with E-state index in [1.807, 2.05) is 34.5 Å². The highest BCUT2D eigenvalue weighted by molar-refractivity contribution is 5.81. The summed E-state index contributed by atoms with van der Waals surface area (Å²) >= 11 is 0. The molecule has 9 nitrogen and oxygen atoms in total. The molecule has 1 saturated heterocycles. The molecule has 0 bridgehead atoms. The number of amides is 1. The maximum absolute atomic E-state index is 12.8. The van der Waals surface area contributed by atoms with E-state index in [0.717, 1.165) is 55.6 Å². The van der Waals surface area contributed by atoms with Gasteiger partial charge in [0.15, 0.2) is 5.65 Å². The summed E-state index contributed by atoms with van der Waals surface area (Å²) in [6, 6.07) is 0. The van der Waals surface area contributed by atoms with Crippen LogP contribution in [0.4, 0.5) is 19.1 Å². The third-order valence-electron chi connectivity index (χ3n) is 5.49. The second-order valence-corrected chi connectivity index (χ2v) is 8.00. The molecular formula is C25H34F3N7O2. The number of rotatable bonds is 11. The Bertz CT molecular complexity index is 1090. The molecule has 1 aliphatic rings. The van der Waals surface area contributed by atoms with Gasteiger partial charge in [0.2, 0.25) is 5.91 Å². The van der Waals surface area contributed by atoms with E-state index in [1.165, 1.54) is 0 Å². The SMILES string of the molecule is C=C/C=C(\C=C/Cc1nc2cncc(C)n2c1NCC(=O)N1CCN(CC=C)CC1)OC.FNC(F)F. The summed E-state index contributed by atoms with van der Waals surface area (Å²) in [4.78, 5) is 26.0. The molecule has 2 N–H and O–H groups in total. The van der Waals surface area contributed by atoms with Gasteiger partial charge in [0.05, 0.1) is 25.5 Å². The zero-order valence-corrected chi connectivity index (χ0v) is 21.2. The van der Waals surface area contributed by atoms with Crippen LogP contribution in [0.2, 0.25) is 0 Å². The summed E-state index contributed by atoms with van der Waals surface area (Å²) in [5.41, 5.74) is 2.73. The Kier molecular flexibility index (Phi) is 12.4. The van der Waals surface area contributed by atoms with Gasteiger partial charge < -0.3 is 15.0 Å². The van der Waals surface area contributed by atoms with E-state index in [1.54, 1.807) is 31.7 Å². The van der Waals surface area contributed by atoms with Crippen molar-refractivity contribution in [2.75, 3.05) is 51.7 Å². The Balaban J connectivity index is 0.000000877. The molecule has 0 atom stereocenters. The zero-order chi connectivity index (χ0) is 27.2. The maximum Gasteiger partial charge on any atom is 0.317 e. The van der Waals surface area contributed by atoms with Crippen molar-refractivity contribution in [1.82, 2.24) is 29.7 Å². The Morgan fingerprint density at radius 1 is 1.24 bits per heavy atom. The van der Waals surface area contributed by atoms with Crippen molar-refractivity contribution in [3.05, 3.63) is 73.1 Å². The highest BCUT2D eigenvalue weighted by Crippen LogP contribution is 2.21. The maximum atomic E-state index is 12.8. The number of hydrogen-bond donors (Lipinski definition) is 2. The summed E-state index contributed by atoms with van der Waals surface area (Å²) in [5.74, 6) is 1.61. The number of ether oxygens (including phenoxy) is 1. The lowest BCUT2D eigenvalue weighted by atomic mass is 10.2. The smallest absolute Gasteiger partial charge is 0.317 e. The van der Waals surface area contributed by atoms with Gasteiger partial charge in [0, 0.05) is 51.0 Å². The van der Waals surface area contributed by atoms with Crippen molar-refractivity contribution in [3.8, 4) is 0 Å². The fourth-order valence-corrected chi connectivity index (χ4v) is 3.75. The predicted molar refractivity (Wildman–Crippen MR) is 138 cm³/mol. The molecule has 2 aromatic heterocycles. The summed E-state index contributed by atoms with van der Waals surface area (Å²) in [6.07, 6.45) is 13.3. The molecule has 0 saturated carbocycles. The number of nitrogens with one attached hydrogen (secondary N) is 2. The van der Waals surface area contributed by atoms with Gasteiger partial charge >= 0.3 is 6.55 Å². The van der Waals surface area contributed by atoms with Gasteiger partial charge in [-0.15, -0.1) is 11.1 Å². The molecule has 37 heavy (non-hydrogen) atoms. The highest BCUT2D eigenvalue weighted by atomic mass is 19.3. The number of aryl methyl sites for hydroxylation is 1. The van der Waals surface area contributed by atoms with Crippen molar-refractivity contribution in [2.45, 2.75) is 19.9 Å². The number of piperazine rings is 1. The third kappa shape index (κ3) is 9.07. The number of imidazole rings is 1. The molecule has 0 aliphatic carbocycles. The normalized spacial score (nSPS) is 14.5. The van der Waals surface area contributed by atoms with E-state index < -0.39 is 6.55 Å². The first kappa shape index (κ1) is 29.6. The van der Waals surface area contributed by atoms with Gasteiger partial charge in [-0.05, 0) is 19.1 Å². The number of carbonyl (C=O) groups excluding carboxylic acids is 1. The summed E-state index contributed by atoms with van der Waals surface area (Å²) in [5, 5.41) is 3.34. The molecule has 1 amide bonds. The average molecular weight is 522 g/mol. The van der Waals surface area contributed by atoms with Crippen molar-refractivity contribution < 1.29 is 22.8 Å². The summed E-state index contributed by atoms with van der Waals surface area (Å²) in [7, 11) is 1.62. The molecule has 202 valence electrons. The van der Waals surface area contributed by atoms with Crippen LogP contribution < -0.4 is 10.9 Å². The fraction of sp³-hybridized carbons (Fsp3) is 0.400. The average Bonchev–Trinajstić information content (AvgIpc) is 3.26. The van der Waals surface area contributed by atoms with E-state index >= 15 is 0 Å². The molecule has 1 aliphatic heterocycles. The number of anilines is 1. The third-order valence-corrected chi connectivity index (χ3v) is 5.49. The molecule has 0 unspecified atom stereocenters. The quantitative estimate of drug-likeness (QED) is 0.154. The van der Waals surface area contributed by atoms with Crippen LogP contribution in [-0.2, 0) is 16.0 Å². The van der Waals surface area contributed by atoms with E-state index in [-0.39, 0.29) is 18.0 Å². The van der Waals surface area contributed by atoms with Crippen LogP contribution in [0.5, 0.6) is 0 Å². The second kappa shape index (κ2) is 15.5. The van der Waals surface area contributed by atoms with E-state index in [0.29, 0.717) is 12.2 Å². The van der Waals surface area contributed by atoms with E-state index in [9.17, 15) is 18.1 Å². The van der Waals surface area contributed by atoms with Crippen LogP contribution >= 0.6 is 0 Å². The van der Waals surface area contributed by atoms with Crippen molar-refractivity contribution in [3.63, 3.8) is 0 Å². The van der Waals surface area contributed by atoms with E-state index in [2.05, 4.69) is 28.4 Å². The first-order valence-electron chi connectivity index (χ1n) is 11.7. The van der Waals surface area contributed by atoms with Crippen molar-refractivity contribution in [1.29, 1.82) is 0 Å². The summed E-state index contributed by atoms with van der Waals surface area (Å²) in [6.45, 7) is 10.7. The van der Waals surface area contributed by atoms with Crippen molar-refractivity contribution in [2.24, 2.45) is 0 Å². The van der Waals surface area contributed by atoms with Crippen molar-refractivity contribution >= 4 is 17.4 Å². The molecule has 12 heteroatoms. The number of methoxy groups -OCH3 is 1. The standard InChI is InChI=1S/C24H32N6O2.CH2F3N/c1-5-8-20(32-4)9-7-10-21-24(30-19(3)16-25-17-22(30)27-21)26-18-23(31)29-14-12-28(11-6-2)13-15-29;2-1(3)5-4/h5-9,16-17,26H,1-2,10-15,18H2,3-4H3;1,5H/b9-7-,20-8+;. The van der Waals surface area contributed by atoms with Gasteiger partial charge in [0.25, 0.3) is 0 Å². The minimum atomic E-state index is -3.03. The number of fused-ring (bicyclic) bond motifs is 1. The molecule has 0 aromatic carbocycles. The van der Waals surface area contributed by atoms with Gasteiger partial charge in [-0.1, -0.05) is 30.3 Å². The molecule has 0 spiro atoms. The molecule has 2 aromatic rings. The number of nitrogens with zero attached hydrogens (tertiary/aromatic N) is 5. The lowest BCUT2D eigenvalue weighted by Crippen LogP contribution is -2.50. The number of hydrogen-bond acceptors (Lipinski definition) is 7. The first-order chi connectivity index (χ1) is 17.8. The minimum absolute atomic E-state index is 0.0852. The molecule has 0 radical (unpaired) electrons. The number of halogens is 3. The first-order valence-corrected chi connectivity index (χ1v) is 11.7. The summed E-state index contributed by atoms with van der Waals surface area (Å²) < 4.78 is 38.0. The van der Waals surface area contributed by atoms with Crippen LogP contribution in [0.3, 0.4) is 0 Å². The van der Waals surface area contributed by atoms with Gasteiger partial charge in [-0.25, -0.2) is 4.98 Å². The zero-order valence-electron chi connectivity index (χ0n) is 21.2. The molecular weight excluding hydrogens is 487 g/mol. The number of carbonyl (C=O) groups is 1. The largest absolute Gasteiger partial charge is 0.497 e. The monoisotopic (exact) mass is 521 g/mol. The fourth-order valence-electron chi connectivity index (χ4n) is 3.75. The number of allylic oxidation sites excluding steroid dienone is 4. The van der Waals surface area contributed by atoms with Crippen LogP contribution in [-0.4, -0.2) is 83.0 Å². The lowest BCUT2D eigenvalue weighted by Gasteiger charge is -2.34. The van der Waals surface area contributed by atoms with Crippen LogP contribution in [0.25, 0.3) is 5.65 Å². The Hall–Kier alpha value is -3.64. The molecule has 1 fully saturated rings. The van der Waals surface area contributed by atoms with Gasteiger partial charge in [-0.3, -0.25) is 19.1 Å². The van der Waals surface area contributed by atoms with Crippen LogP contribution in [0.1, 0.15) is 11.4 Å². The number of alkyl halides is 2. The molecule has 3 heterocycles. The highest BCUT2D eigenvalue weighted by Gasteiger charge is 2.21. The minimum Gasteiger partial charge on any atom is -0.497 e. The Morgan fingerprint density at radius 3 is 2.54 bits per heavy atom. The topological polar surface area (TPSA) is 87.0 Å².